The zero-order valence-corrected chi connectivity index (χ0v) is 24.8. The molecule has 0 spiro atoms. The van der Waals surface area contributed by atoms with Crippen LogP contribution in [0.4, 0.5) is 0 Å². The Hall–Kier alpha value is -2.54. The van der Waals surface area contributed by atoms with Gasteiger partial charge in [-0.3, -0.25) is 4.90 Å². The minimum atomic E-state index is -0.175. The van der Waals surface area contributed by atoms with Gasteiger partial charge in [0.1, 0.15) is 12.2 Å². The normalized spacial score (nSPS) is 27.1. The fourth-order valence-electron chi connectivity index (χ4n) is 6.48. The molecule has 1 saturated heterocycles. The molecule has 0 unspecified atom stereocenters. The summed E-state index contributed by atoms with van der Waals surface area (Å²) in [4.78, 5) is 2.62. The highest BCUT2D eigenvalue weighted by Gasteiger charge is 2.44. The Bertz CT molecular complexity index is 1120. The lowest BCUT2D eigenvalue weighted by atomic mass is 9.81. The van der Waals surface area contributed by atoms with Crippen LogP contribution in [-0.4, -0.2) is 56.1 Å². The van der Waals surface area contributed by atoms with Gasteiger partial charge in [-0.25, -0.2) is 0 Å². The molecule has 1 aliphatic carbocycles. The van der Waals surface area contributed by atoms with Crippen molar-refractivity contribution in [2.75, 3.05) is 26.8 Å². The Labute approximate surface area is 246 Å². The van der Waals surface area contributed by atoms with E-state index in [2.05, 4.69) is 90.7 Å². The number of hydrogen-bond acceptors (Lipinski definition) is 5. The average Bonchev–Trinajstić information content (AvgIpc) is 3.02. The van der Waals surface area contributed by atoms with E-state index >= 15 is 0 Å². The van der Waals surface area contributed by atoms with Crippen molar-refractivity contribution >= 4 is 0 Å². The minimum Gasteiger partial charge on any atom is -0.384 e. The molecule has 5 rings (SSSR count). The van der Waals surface area contributed by atoms with Crippen molar-refractivity contribution in [2.24, 2.45) is 11.8 Å². The molecule has 5 nitrogen and oxygen atoms in total. The fourth-order valence-corrected chi connectivity index (χ4v) is 6.48. The third-order valence-electron chi connectivity index (χ3n) is 8.89. The van der Waals surface area contributed by atoms with E-state index in [-0.39, 0.29) is 24.4 Å². The second-order valence-corrected chi connectivity index (χ2v) is 11.9. The molecule has 3 aromatic rings. The highest BCUT2D eigenvalue weighted by molar-refractivity contribution is 5.16. The maximum atomic E-state index is 6.77. The first-order chi connectivity index (χ1) is 20.2. The molecule has 0 radical (unpaired) electrons. The third kappa shape index (κ3) is 8.73. The quantitative estimate of drug-likeness (QED) is 0.229. The summed E-state index contributed by atoms with van der Waals surface area (Å²) in [6.45, 7) is 6.78. The summed E-state index contributed by atoms with van der Waals surface area (Å²) >= 11 is 0. The van der Waals surface area contributed by atoms with Gasteiger partial charge in [0, 0.05) is 32.8 Å². The summed E-state index contributed by atoms with van der Waals surface area (Å²) in [5.74, 6) is 1.39. The first-order valence-electron chi connectivity index (χ1n) is 15.4. The molecular formula is C36H47NO4. The van der Waals surface area contributed by atoms with E-state index in [0.29, 0.717) is 31.7 Å². The van der Waals surface area contributed by atoms with E-state index in [1.54, 1.807) is 0 Å². The van der Waals surface area contributed by atoms with Gasteiger partial charge >= 0.3 is 0 Å². The molecule has 0 aromatic heterocycles. The smallest absolute Gasteiger partial charge is 0.113 e. The second-order valence-electron chi connectivity index (χ2n) is 11.9. The number of methoxy groups -OCH3 is 1. The van der Waals surface area contributed by atoms with Crippen LogP contribution >= 0.6 is 0 Å². The van der Waals surface area contributed by atoms with E-state index in [4.69, 9.17) is 18.9 Å². The van der Waals surface area contributed by atoms with Crippen molar-refractivity contribution in [2.45, 2.75) is 76.8 Å². The molecule has 3 aromatic carbocycles. The van der Waals surface area contributed by atoms with Crippen LogP contribution < -0.4 is 0 Å². The summed E-state index contributed by atoms with van der Waals surface area (Å²) in [5, 5.41) is 0. The lowest BCUT2D eigenvalue weighted by molar-refractivity contribution is -0.202. The van der Waals surface area contributed by atoms with E-state index in [0.717, 1.165) is 19.7 Å². The summed E-state index contributed by atoms with van der Waals surface area (Å²) in [6, 6.07) is 31.6. The minimum absolute atomic E-state index is 0.0966. The topological polar surface area (TPSA) is 40.2 Å². The monoisotopic (exact) mass is 557 g/mol. The summed E-state index contributed by atoms with van der Waals surface area (Å²) in [5.41, 5.74) is 3.52. The first kappa shape index (κ1) is 29.9. The summed E-state index contributed by atoms with van der Waals surface area (Å²) < 4.78 is 25.7. The molecule has 2 fully saturated rings. The number of ether oxygens (including phenoxy) is 4. The Kier molecular flexibility index (Phi) is 11.4. The molecule has 0 bridgehead atoms. The zero-order chi connectivity index (χ0) is 28.3. The van der Waals surface area contributed by atoms with Gasteiger partial charge in [-0.1, -0.05) is 91.0 Å². The predicted molar refractivity (Wildman–Crippen MR) is 163 cm³/mol. The van der Waals surface area contributed by atoms with Gasteiger partial charge < -0.3 is 18.9 Å². The van der Waals surface area contributed by atoms with E-state index in [1.165, 1.54) is 42.4 Å². The molecule has 0 N–H and O–H groups in total. The SMILES string of the molecule is COCC1CCC(CN2C[C@H](OCc3ccccc3)[C@@H](OCc3ccccc3)[C@H](OCc3ccccc3)[C@H]2C)CC1. The van der Waals surface area contributed by atoms with Crippen molar-refractivity contribution in [3.05, 3.63) is 108 Å². The van der Waals surface area contributed by atoms with Crippen LogP contribution in [0.2, 0.25) is 0 Å². The maximum absolute atomic E-state index is 6.77. The molecule has 0 amide bonds. The number of rotatable bonds is 13. The van der Waals surface area contributed by atoms with Crippen LogP contribution in [0.15, 0.2) is 91.0 Å². The van der Waals surface area contributed by atoms with E-state index in [9.17, 15) is 0 Å². The number of benzene rings is 3. The number of hydrogen-bond donors (Lipinski definition) is 0. The van der Waals surface area contributed by atoms with Crippen LogP contribution in [0.3, 0.4) is 0 Å². The Balaban J connectivity index is 1.34. The van der Waals surface area contributed by atoms with Gasteiger partial charge in [-0.2, -0.15) is 0 Å². The maximum Gasteiger partial charge on any atom is 0.113 e. The second kappa shape index (κ2) is 15.6. The number of piperidine rings is 1. The molecule has 5 heteroatoms. The highest BCUT2D eigenvalue weighted by atomic mass is 16.6. The molecule has 220 valence electrons. The van der Waals surface area contributed by atoms with Gasteiger partial charge in [-0.15, -0.1) is 0 Å². The number of likely N-dealkylation sites (tertiary alicyclic amines) is 1. The Morgan fingerprint density at radius 2 is 1.07 bits per heavy atom. The summed E-state index contributed by atoms with van der Waals surface area (Å²) in [7, 11) is 1.82. The first-order valence-corrected chi connectivity index (χ1v) is 15.4. The van der Waals surface area contributed by atoms with Gasteiger partial charge in [-0.05, 0) is 61.1 Å². The Morgan fingerprint density at radius 3 is 1.59 bits per heavy atom. The van der Waals surface area contributed by atoms with E-state index in [1.807, 2.05) is 19.2 Å². The van der Waals surface area contributed by atoms with Crippen LogP contribution in [-0.2, 0) is 38.8 Å². The lowest BCUT2D eigenvalue weighted by Gasteiger charge is -2.48. The van der Waals surface area contributed by atoms with Crippen molar-refractivity contribution in [3.63, 3.8) is 0 Å². The summed E-state index contributed by atoms with van der Waals surface area (Å²) in [6.07, 6.45) is 4.65. The van der Waals surface area contributed by atoms with Crippen LogP contribution in [0, 0.1) is 11.8 Å². The highest BCUT2D eigenvalue weighted by Crippen LogP contribution is 2.33. The largest absolute Gasteiger partial charge is 0.384 e. The van der Waals surface area contributed by atoms with Gasteiger partial charge in [0.15, 0.2) is 0 Å². The van der Waals surface area contributed by atoms with Crippen molar-refractivity contribution in [1.82, 2.24) is 4.90 Å². The average molecular weight is 558 g/mol. The third-order valence-corrected chi connectivity index (χ3v) is 8.89. The van der Waals surface area contributed by atoms with Crippen LogP contribution in [0.5, 0.6) is 0 Å². The zero-order valence-electron chi connectivity index (χ0n) is 24.8. The van der Waals surface area contributed by atoms with Crippen molar-refractivity contribution in [1.29, 1.82) is 0 Å². The fraction of sp³-hybridized carbons (Fsp3) is 0.500. The molecule has 2 aliphatic rings. The lowest BCUT2D eigenvalue weighted by Crippen LogP contribution is -2.63. The predicted octanol–water partition coefficient (Wildman–Crippen LogP) is 6.90. The van der Waals surface area contributed by atoms with Crippen molar-refractivity contribution in [3.8, 4) is 0 Å². The van der Waals surface area contributed by atoms with Crippen molar-refractivity contribution < 1.29 is 18.9 Å². The molecule has 41 heavy (non-hydrogen) atoms. The molecular weight excluding hydrogens is 510 g/mol. The molecule has 1 heterocycles. The molecule has 4 atom stereocenters. The van der Waals surface area contributed by atoms with Gasteiger partial charge in [0.2, 0.25) is 0 Å². The molecule has 1 aliphatic heterocycles. The van der Waals surface area contributed by atoms with Crippen LogP contribution in [0.25, 0.3) is 0 Å². The number of nitrogens with zero attached hydrogens (tertiary/aromatic N) is 1. The molecule has 1 saturated carbocycles. The van der Waals surface area contributed by atoms with Crippen LogP contribution in [0.1, 0.15) is 49.3 Å². The van der Waals surface area contributed by atoms with E-state index < -0.39 is 0 Å². The Morgan fingerprint density at radius 1 is 0.610 bits per heavy atom. The van der Waals surface area contributed by atoms with Gasteiger partial charge in [0.05, 0.1) is 25.9 Å². The standard InChI is InChI=1S/C36H47NO4/c1-28-35(40-26-31-14-8-4-9-15-31)36(41-27-32-16-10-5-11-17-32)34(39-25-30-12-6-3-7-13-30)23-37(28)22-29-18-20-33(21-19-29)24-38-2/h3-17,28-29,33-36H,18-27H2,1-2H3/t28-,29?,33?,34+,35-,36-/m1/s1. The van der Waals surface area contributed by atoms with Gasteiger partial charge in [0.25, 0.3) is 0 Å².